The molecule has 0 bridgehead atoms. The number of nitrogens with two attached hydrogens (primary N) is 1. The van der Waals surface area contributed by atoms with Crippen LogP contribution in [0, 0.1) is 5.92 Å². The molecular formula is C14H28N2. The van der Waals surface area contributed by atoms with Gasteiger partial charge in [0.2, 0.25) is 0 Å². The van der Waals surface area contributed by atoms with Gasteiger partial charge in [0, 0.05) is 18.1 Å². The van der Waals surface area contributed by atoms with Crippen LogP contribution in [0.5, 0.6) is 0 Å². The monoisotopic (exact) mass is 224 g/mol. The zero-order valence-electron chi connectivity index (χ0n) is 10.8. The summed E-state index contributed by atoms with van der Waals surface area (Å²) >= 11 is 0. The fourth-order valence-electron chi connectivity index (χ4n) is 3.24. The molecular weight excluding hydrogens is 196 g/mol. The van der Waals surface area contributed by atoms with Crippen molar-refractivity contribution in [3.63, 3.8) is 0 Å². The smallest absolute Gasteiger partial charge is 0.0306 e. The third-order valence-electron chi connectivity index (χ3n) is 4.47. The molecule has 2 rings (SSSR count). The molecule has 2 aliphatic carbocycles. The standard InChI is InChI=1S/C14H28N2/c1-2-4-12-5-3-9-14(11-15,10-8-12)16-13-6-7-13/h12-13,16H,2-11,15H2,1H3. The summed E-state index contributed by atoms with van der Waals surface area (Å²) in [4.78, 5) is 0. The highest BCUT2D eigenvalue weighted by Crippen LogP contribution is 2.34. The maximum Gasteiger partial charge on any atom is 0.0306 e. The van der Waals surface area contributed by atoms with Crippen molar-refractivity contribution in [1.29, 1.82) is 0 Å². The van der Waals surface area contributed by atoms with Crippen molar-refractivity contribution in [3.8, 4) is 0 Å². The van der Waals surface area contributed by atoms with Crippen LogP contribution in [0.4, 0.5) is 0 Å². The third kappa shape index (κ3) is 3.21. The lowest BCUT2D eigenvalue weighted by atomic mass is 9.89. The van der Waals surface area contributed by atoms with Crippen LogP contribution in [0.1, 0.15) is 64.7 Å². The molecule has 16 heavy (non-hydrogen) atoms. The summed E-state index contributed by atoms with van der Waals surface area (Å²) in [7, 11) is 0. The van der Waals surface area contributed by atoms with Crippen LogP contribution in [0.15, 0.2) is 0 Å². The molecule has 0 spiro atoms. The van der Waals surface area contributed by atoms with Crippen LogP contribution in [0.25, 0.3) is 0 Å². The third-order valence-corrected chi connectivity index (χ3v) is 4.47. The zero-order chi connectivity index (χ0) is 11.4. The summed E-state index contributed by atoms with van der Waals surface area (Å²) in [6.07, 6.45) is 12.3. The Hall–Kier alpha value is -0.0800. The molecule has 0 radical (unpaired) electrons. The Bertz CT molecular complexity index is 213. The molecule has 3 N–H and O–H groups in total. The molecule has 0 amide bonds. The summed E-state index contributed by atoms with van der Waals surface area (Å²) < 4.78 is 0. The van der Waals surface area contributed by atoms with E-state index in [9.17, 15) is 0 Å². The second-order valence-corrected chi connectivity index (χ2v) is 5.99. The molecule has 0 aliphatic heterocycles. The zero-order valence-corrected chi connectivity index (χ0v) is 10.8. The Morgan fingerprint density at radius 3 is 2.62 bits per heavy atom. The van der Waals surface area contributed by atoms with E-state index in [1.165, 1.54) is 57.8 Å². The average Bonchev–Trinajstić information content (AvgIpc) is 3.09. The fourth-order valence-corrected chi connectivity index (χ4v) is 3.24. The van der Waals surface area contributed by atoms with Gasteiger partial charge in [-0.25, -0.2) is 0 Å². The molecule has 0 saturated heterocycles. The van der Waals surface area contributed by atoms with Gasteiger partial charge < -0.3 is 11.1 Å². The van der Waals surface area contributed by atoms with Gasteiger partial charge in [-0.3, -0.25) is 0 Å². The molecule has 2 aliphatic rings. The lowest BCUT2D eigenvalue weighted by Crippen LogP contribution is -2.51. The summed E-state index contributed by atoms with van der Waals surface area (Å²) in [6, 6.07) is 0.797. The van der Waals surface area contributed by atoms with Gasteiger partial charge in [0.15, 0.2) is 0 Å². The van der Waals surface area contributed by atoms with Crippen molar-refractivity contribution in [2.75, 3.05) is 6.54 Å². The highest BCUT2D eigenvalue weighted by molar-refractivity contribution is 4.97. The molecule has 2 atom stereocenters. The first-order chi connectivity index (χ1) is 7.78. The maximum absolute atomic E-state index is 6.04. The Balaban J connectivity index is 1.88. The van der Waals surface area contributed by atoms with Crippen LogP contribution < -0.4 is 11.1 Å². The van der Waals surface area contributed by atoms with E-state index < -0.39 is 0 Å². The second kappa shape index (κ2) is 5.50. The summed E-state index contributed by atoms with van der Waals surface area (Å²) in [5.41, 5.74) is 6.34. The van der Waals surface area contributed by atoms with Crippen molar-refractivity contribution < 1.29 is 0 Å². The van der Waals surface area contributed by atoms with E-state index in [1.54, 1.807) is 0 Å². The second-order valence-electron chi connectivity index (χ2n) is 5.99. The van der Waals surface area contributed by atoms with Crippen molar-refractivity contribution in [1.82, 2.24) is 5.32 Å². The molecule has 0 aromatic rings. The van der Waals surface area contributed by atoms with Crippen molar-refractivity contribution in [3.05, 3.63) is 0 Å². The van der Waals surface area contributed by atoms with Crippen LogP contribution in [-0.4, -0.2) is 18.1 Å². The van der Waals surface area contributed by atoms with Crippen molar-refractivity contribution in [2.45, 2.75) is 76.3 Å². The van der Waals surface area contributed by atoms with Crippen LogP contribution in [-0.2, 0) is 0 Å². The first kappa shape index (κ1) is 12.4. The van der Waals surface area contributed by atoms with E-state index >= 15 is 0 Å². The SMILES string of the molecule is CCCC1CCCC(CN)(NC2CC2)CC1. The highest BCUT2D eigenvalue weighted by atomic mass is 15.1. The quantitative estimate of drug-likeness (QED) is 0.705. The maximum atomic E-state index is 6.04. The summed E-state index contributed by atoms with van der Waals surface area (Å²) in [6.45, 7) is 3.14. The predicted octanol–water partition coefficient (Wildman–Crippen LogP) is 2.82. The molecule has 94 valence electrons. The number of nitrogens with one attached hydrogen (secondary N) is 1. The molecule has 0 heterocycles. The topological polar surface area (TPSA) is 38.0 Å². The minimum Gasteiger partial charge on any atom is -0.329 e. The molecule has 2 unspecified atom stereocenters. The van der Waals surface area contributed by atoms with Gasteiger partial charge in [-0.1, -0.05) is 32.6 Å². The van der Waals surface area contributed by atoms with Gasteiger partial charge in [0.05, 0.1) is 0 Å². The number of rotatable bonds is 5. The van der Waals surface area contributed by atoms with Crippen molar-refractivity contribution >= 4 is 0 Å². The molecule has 2 fully saturated rings. The lowest BCUT2D eigenvalue weighted by molar-refractivity contribution is 0.284. The van der Waals surface area contributed by atoms with E-state index in [-0.39, 0.29) is 0 Å². The fraction of sp³-hybridized carbons (Fsp3) is 1.00. The molecule has 0 aromatic heterocycles. The summed E-state index contributed by atoms with van der Waals surface area (Å²) in [5.74, 6) is 0.972. The Labute approximate surface area is 100 Å². The predicted molar refractivity (Wildman–Crippen MR) is 69.4 cm³/mol. The molecule has 0 aromatic carbocycles. The minimum atomic E-state index is 0.295. The van der Waals surface area contributed by atoms with Gasteiger partial charge >= 0.3 is 0 Å². The van der Waals surface area contributed by atoms with Gasteiger partial charge in [-0.15, -0.1) is 0 Å². The Morgan fingerprint density at radius 1 is 1.19 bits per heavy atom. The van der Waals surface area contributed by atoms with E-state index in [2.05, 4.69) is 12.2 Å². The molecule has 2 nitrogen and oxygen atoms in total. The van der Waals surface area contributed by atoms with Gasteiger partial charge in [0.25, 0.3) is 0 Å². The van der Waals surface area contributed by atoms with Gasteiger partial charge in [-0.2, -0.15) is 0 Å². The lowest BCUT2D eigenvalue weighted by Gasteiger charge is -2.33. The number of hydrogen-bond acceptors (Lipinski definition) is 2. The van der Waals surface area contributed by atoms with Gasteiger partial charge in [0.1, 0.15) is 0 Å². The number of hydrogen-bond donors (Lipinski definition) is 2. The molecule has 2 saturated carbocycles. The summed E-state index contributed by atoms with van der Waals surface area (Å²) in [5, 5.41) is 3.83. The highest BCUT2D eigenvalue weighted by Gasteiger charge is 2.36. The average molecular weight is 224 g/mol. The molecule has 2 heteroatoms. The first-order valence-electron chi connectivity index (χ1n) is 7.26. The minimum absolute atomic E-state index is 0.295. The van der Waals surface area contributed by atoms with E-state index in [0.717, 1.165) is 18.5 Å². The normalized spacial score (nSPS) is 36.0. The van der Waals surface area contributed by atoms with E-state index in [4.69, 9.17) is 5.73 Å². The first-order valence-corrected chi connectivity index (χ1v) is 7.26. The van der Waals surface area contributed by atoms with Crippen LogP contribution >= 0.6 is 0 Å². The van der Waals surface area contributed by atoms with Gasteiger partial charge in [-0.05, 0) is 38.0 Å². The van der Waals surface area contributed by atoms with Crippen molar-refractivity contribution in [2.24, 2.45) is 11.7 Å². The van der Waals surface area contributed by atoms with Crippen LogP contribution in [0.3, 0.4) is 0 Å². The largest absolute Gasteiger partial charge is 0.329 e. The van der Waals surface area contributed by atoms with E-state index in [0.29, 0.717) is 5.54 Å². The Kier molecular flexibility index (Phi) is 4.26. The van der Waals surface area contributed by atoms with Crippen LogP contribution in [0.2, 0.25) is 0 Å². The van der Waals surface area contributed by atoms with E-state index in [1.807, 2.05) is 0 Å². The Morgan fingerprint density at radius 2 is 2.00 bits per heavy atom.